The summed E-state index contributed by atoms with van der Waals surface area (Å²) >= 11 is 0. The minimum Gasteiger partial charge on any atom is -0.545 e. The summed E-state index contributed by atoms with van der Waals surface area (Å²) in [7, 11) is -0.464. The summed E-state index contributed by atoms with van der Waals surface area (Å²) in [5.74, 6) is -1.41. The van der Waals surface area contributed by atoms with E-state index in [1.807, 2.05) is 0 Å². The largest absolute Gasteiger partial charge is 1.00 e. The first-order valence-electron chi connectivity index (χ1n) is 13.3. The van der Waals surface area contributed by atoms with Gasteiger partial charge in [-0.15, -0.1) is 0 Å². The first kappa shape index (κ1) is 31.6. The van der Waals surface area contributed by atoms with Crippen LogP contribution in [0.4, 0.5) is 10.2 Å². The van der Waals surface area contributed by atoms with Crippen molar-refractivity contribution in [3.05, 3.63) is 42.1 Å². The molecule has 0 amide bonds. The van der Waals surface area contributed by atoms with Crippen molar-refractivity contribution >= 4 is 22.0 Å². The van der Waals surface area contributed by atoms with Gasteiger partial charge < -0.3 is 29.2 Å². The van der Waals surface area contributed by atoms with Crippen LogP contribution in [-0.4, -0.2) is 99.1 Å². The quantitative estimate of drug-likeness (QED) is 0.318. The maximum absolute atomic E-state index is 13.6. The number of rotatable bonds is 9. The number of halogens is 1. The first-order valence-corrected chi connectivity index (χ1v) is 14.7. The Kier molecular flexibility index (Phi) is 9.95. The molecule has 12 nitrogen and oxygen atoms in total. The van der Waals surface area contributed by atoms with E-state index < -0.39 is 22.0 Å². The summed E-state index contributed by atoms with van der Waals surface area (Å²) in [5, 5.41) is 11.5. The molecule has 3 aliphatic heterocycles. The number of carboxylic acid groups (broad SMARTS) is 1. The van der Waals surface area contributed by atoms with E-state index in [0.29, 0.717) is 18.2 Å². The van der Waals surface area contributed by atoms with Gasteiger partial charge in [-0.05, 0) is 57.0 Å². The maximum atomic E-state index is 13.6. The average Bonchev–Trinajstić information content (AvgIpc) is 2.90. The molecule has 3 saturated heterocycles. The van der Waals surface area contributed by atoms with Crippen molar-refractivity contribution in [3.8, 4) is 11.5 Å². The topological polar surface area (TPSA) is 140 Å². The molecule has 1 aromatic heterocycles. The Bertz CT molecular complexity index is 1330. The zero-order valence-corrected chi connectivity index (χ0v) is 24.4. The second-order valence-electron chi connectivity index (χ2n) is 11.0. The summed E-state index contributed by atoms with van der Waals surface area (Å²) in [4.78, 5) is 24.4. The molecule has 3 fully saturated rings. The standard InChI is InChI=1S/C26H35FN6O6S.Li/c1-31(2)40(36,37)30-19-4-5-20(38-14-19)13-32-9-7-26(8-10-32)15-33(16-26)24-23(12-28-17-29-24)39-22-6-3-18(27)11-21(22)25(34)35;/h3,6,11-12,17,19-20,30H,4-5,7-10,13-16H2,1-2H3,(H,34,35);/q;+1/p-1/t19-,20+;/m1./s1. The molecule has 3 aliphatic rings. The fraction of sp³-hybridized carbons (Fsp3) is 0.577. The van der Waals surface area contributed by atoms with Gasteiger partial charge in [0.1, 0.15) is 17.9 Å². The molecule has 2 atom stereocenters. The van der Waals surface area contributed by atoms with Crippen LogP contribution in [0.1, 0.15) is 36.0 Å². The minimum absolute atomic E-state index is 0. The molecule has 0 saturated carbocycles. The Morgan fingerprint density at radius 2 is 1.98 bits per heavy atom. The number of ether oxygens (including phenoxy) is 2. The summed E-state index contributed by atoms with van der Waals surface area (Å²) in [6.07, 6.45) is 6.57. The first-order chi connectivity index (χ1) is 19.0. The number of carbonyl (C=O) groups is 1. The number of benzene rings is 1. The second kappa shape index (κ2) is 12.9. The van der Waals surface area contributed by atoms with Crippen molar-refractivity contribution in [2.45, 2.75) is 37.8 Å². The number of carboxylic acids is 1. The molecule has 0 radical (unpaired) electrons. The number of likely N-dealkylation sites (tertiary alicyclic amines) is 1. The van der Waals surface area contributed by atoms with Crippen molar-refractivity contribution in [2.75, 3.05) is 58.3 Å². The second-order valence-corrected chi connectivity index (χ2v) is 12.9. The van der Waals surface area contributed by atoms with Gasteiger partial charge >= 0.3 is 18.9 Å². The van der Waals surface area contributed by atoms with E-state index in [1.165, 1.54) is 37.0 Å². The molecule has 1 spiro atoms. The molecule has 218 valence electrons. The molecule has 0 unspecified atom stereocenters. The van der Waals surface area contributed by atoms with Crippen LogP contribution in [-0.2, 0) is 14.9 Å². The van der Waals surface area contributed by atoms with E-state index in [2.05, 4.69) is 24.5 Å². The molecule has 0 aliphatic carbocycles. The Morgan fingerprint density at radius 1 is 1.24 bits per heavy atom. The number of anilines is 1. The Hall–Kier alpha value is -2.31. The third-order valence-corrected chi connectivity index (χ3v) is 9.53. The summed E-state index contributed by atoms with van der Waals surface area (Å²) < 4.78 is 53.3. The van der Waals surface area contributed by atoms with E-state index >= 15 is 0 Å². The number of hydrogen-bond acceptors (Lipinski definition) is 10. The molecule has 1 N–H and O–H groups in total. The number of hydrogen-bond donors (Lipinski definition) is 1. The van der Waals surface area contributed by atoms with Gasteiger partial charge in [0.25, 0.3) is 10.2 Å². The van der Waals surface area contributed by atoms with Crippen LogP contribution in [0.3, 0.4) is 0 Å². The van der Waals surface area contributed by atoms with E-state index in [9.17, 15) is 22.7 Å². The Labute approximate surface area is 251 Å². The van der Waals surface area contributed by atoms with Crippen molar-refractivity contribution in [1.29, 1.82) is 0 Å². The van der Waals surface area contributed by atoms with Crippen molar-refractivity contribution in [1.82, 2.24) is 23.9 Å². The van der Waals surface area contributed by atoms with Crippen molar-refractivity contribution in [2.24, 2.45) is 5.41 Å². The average molecular weight is 585 g/mol. The Balaban J connectivity index is 0.00000387. The summed E-state index contributed by atoms with van der Waals surface area (Å²) in [6.45, 7) is 4.67. The molecule has 4 heterocycles. The minimum atomic E-state index is -3.47. The molecule has 1 aromatic carbocycles. The van der Waals surface area contributed by atoms with E-state index in [0.717, 1.165) is 70.5 Å². The van der Waals surface area contributed by atoms with Gasteiger partial charge in [0, 0.05) is 50.7 Å². The summed E-state index contributed by atoms with van der Waals surface area (Å²) in [5.41, 5.74) is -0.220. The SMILES string of the molecule is CN(C)S(=O)(=O)N[C@@H]1CC[C@@H](CN2CCC3(CC2)CN(c2ncncc2Oc2ccc(F)cc2C(=O)[O-])C3)OC1.[Li+]. The Morgan fingerprint density at radius 3 is 2.61 bits per heavy atom. The van der Waals surface area contributed by atoms with Crippen LogP contribution in [0, 0.1) is 11.2 Å². The number of aromatic nitrogens is 2. The molecular formula is C26H34FLiN6O6S. The zero-order chi connectivity index (χ0) is 28.5. The number of nitrogens with zero attached hydrogens (tertiary/aromatic N) is 5. The van der Waals surface area contributed by atoms with Crippen LogP contribution in [0.15, 0.2) is 30.7 Å². The van der Waals surface area contributed by atoms with Gasteiger partial charge in [-0.3, -0.25) is 0 Å². The van der Waals surface area contributed by atoms with Crippen LogP contribution < -0.4 is 38.3 Å². The van der Waals surface area contributed by atoms with Crippen LogP contribution >= 0.6 is 0 Å². The van der Waals surface area contributed by atoms with Crippen LogP contribution in [0.5, 0.6) is 11.5 Å². The monoisotopic (exact) mass is 584 g/mol. The molecule has 15 heteroatoms. The molecule has 41 heavy (non-hydrogen) atoms. The fourth-order valence-electron chi connectivity index (χ4n) is 5.58. The smallest absolute Gasteiger partial charge is 0.545 e. The van der Waals surface area contributed by atoms with Gasteiger partial charge in [0.15, 0.2) is 11.6 Å². The van der Waals surface area contributed by atoms with Gasteiger partial charge in [-0.1, -0.05) is 0 Å². The third kappa shape index (κ3) is 7.37. The normalized spacial score (nSPS) is 22.7. The van der Waals surface area contributed by atoms with Crippen LogP contribution in [0.25, 0.3) is 0 Å². The van der Waals surface area contributed by atoms with Crippen molar-refractivity contribution < 1.29 is 51.0 Å². The fourth-order valence-corrected chi connectivity index (χ4v) is 6.39. The van der Waals surface area contributed by atoms with Gasteiger partial charge in [0.2, 0.25) is 0 Å². The molecule has 0 bridgehead atoms. The predicted molar refractivity (Wildman–Crippen MR) is 142 cm³/mol. The number of aromatic carboxylic acids is 1. The van der Waals surface area contributed by atoms with Gasteiger partial charge in [-0.2, -0.15) is 17.4 Å². The number of piperidine rings is 1. The third-order valence-electron chi connectivity index (χ3n) is 7.94. The van der Waals surface area contributed by atoms with Crippen molar-refractivity contribution in [3.63, 3.8) is 0 Å². The zero-order valence-electron chi connectivity index (χ0n) is 23.6. The number of carbonyl (C=O) groups excluding carboxylic acids is 1. The summed E-state index contributed by atoms with van der Waals surface area (Å²) in [6, 6.07) is 3.04. The van der Waals surface area contributed by atoms with E-state index in [4.69, 9.17) is 9.47 Å². The van der Waals surface area contributed by atoms with Gasteiger partial charge in [0.05, 0.1) is 24.9 Å². The van der Waals surface area contributed by atoms with E-state index in [-0.39, 0.29) is 47.7 Å². The number of nitrogens with one attached hydrogen (secondary N) is 1. The van der Waals surface area contributed by atoms with Crippen LogP contribution in [0.2, 0.25) is 0 Å². The molecular weight excluding hydrogens is 550 g/mol. The van der Waals surface area contributed by atoms with E-state index in [1.54, 1.807) is 0 Å². The molecule has 2 aromatic rings. The predicted octanol–water partition coefficient (Wildman–Crippen LogP) is -2.38. The molecule has 5 rings (SSSR count). The maximum Gasteiger partial charge on any atom is 1.00 e. The van der Waals surface area contributed by atoms with Gasteiger partial charge in [-0.25, -0.2) is 14.4 Å².